The zero-order chi connectivity index (χ0) is 10.7. The molecular weight excluding hydrogens is 156 g/mol. The second-order valence-electron chi connectivity index (χ2n) is 2.81. The van der Waals surface area contributed by atoms with Crippen molar-refractivity contribution in [1.29, 1.82) is 0 Å². The number of allylic oxidation sites excluding steroid dienone is 5. The molecule has 0 saturated carbocycles. The average Bonchev–Trinajstić information content (AvgIpc) is 2.17. The van der Waals surface area contributed by atoms with Crippen LogP contribution in [0.3, 0.4) is 0 Å². The van der Waals surface area contributed by atoms with Gasteiger partial charge in [0.05, 0.1) is 0 Å². The molecule has 0 saturated heterocycles. The fourth-order valence-corrected chi connectivity index (χ4v) is 0.927. The first kappa shape index (κ1) is 14.7. The van der Waals surface area contributed by atoms with Crippen molar-refractivity contribution in [3.05, 3.63) is 36.0 Å². The predicted molar refractivity (Wildman–Crippen MR) is 64.0 cm³/mol. The van der Waals surface area contributed by atoms with E-state index in [1.807, 2.05) is 26.0 Å². The zero-order valence-corrected chi connectivity index (χ0v) is 9.85. The first-order chi connectivity index (χ1) is 6.22. The number of hydrogen-bond donors (Lipinski definition) is 0. The van der Waals surface area contributed by atoms with E-state index in [1.165, 1.54) is 24.0 Å². The minimum Gasteiger partial charge on any atom is -0.0991 e. The molecule has 0 heterocycles. The molecule has 76 valence electrons. The Bertz CT molecular complexity index is 170. The average molecular weight is 180 g/mol. The van der Waals surface area contributed by atoms with E-state index >= 15 is 0 Å². The van der Waals surface area contributed by atoms with Crippen molar-refractivity contribution < 1.29 is 0 Å². The normalized spacial score (nSPS) is 11.8. The van der Waals surface area contributed by atoms with Gasteiger partial charge in [-0.15, -0.1) is 0 Å². The van der Waals surface area contributed by atoms with Crippen molar-refractivity contribution in [2.45, 2.75) is 47.5 Å². The fraction of sp³-hybridized carbons (Fsp3) is 0.538. The van der Waals surface area contributed by atoms with Gasteiger partial charge in [-0.1, -0.05) is 63.1 Å². The summed E-state index contributed by atoms with van der Waals surface area (Å²) in [6, 6.07) is 0. The van der Waals surface area contributed by atoms with Crippen LogP contribution < -0.4 is 0 Å². The quantitative estimate of drug-likeness (QED) is 0.540. The Kier molecular flexibility index (Phi) is 12.7. The highest BCUT2D eigenvalue weighted by atomic mass is 14.0. The van der Waals surface area contributed by atoms with Crippen molar-refractivity contribution in [3.8, 4) is 0 Å². The molecule has 0 fully saturated rings. The summed E-state index contributed by atoms with van der Waals surface area (Å²) in [6.45, 7) is 14.2. The fourth-order valence-electron chi connectivity index (χ4n) is 0.927. The molecule has 13 heavy (non-hydrogen) atoms. The molecule has 0 nitrogen and oxygen atoms in total. The SMILES string of the molecule is C=C/C=C\C(C)=C(/C)CCC.CC. The molecule has 0 aromatic rings. The van der Waals surface area contributed by atoms with Crippen molar-refractivity contribution >= 4 is 0 Å². The van der Waals surface area contributed by atoms with Gasteiger partial charge in [-0.05, 0) is 20.3 Å². The maximum atomic E-state index is 3.63. The maximum Gasteiger partial charge on any atom is -0.0320 e. The van der Waals surface area contributed by atoms with Crippen molar-refractivity contribution in [3.63, 3.8) is 0 Å². The lowest BCUT2D eigenvalue weighted by Crippen LogP contribution is -1.79. The predicted octanol–water partition coefficient (Wildman–Crippen LogP) is 4.89. The number of hydrogen-bond acceptors (Lipinski definition) is 0. The minimum atomic E-state index is 1.20. The summed E-state index contributed by atoms with van der Waals surface area (Å²) < 4.78 is 0. The molecule has 0 atom stereocenters. The molecule has 0 rings (SSSR count). The molecule has 0 aliphatic rings. The smallest absolute Gasteiger partial charge is 0.0320 e. The van der Waals surface area contributed by atoms with Crippen LogP contribution in [0.4, 0.5) is 0 Å². The summed E-state index contributed by atoms with van der Waals surface area (Å²) in [5.41, 5.74) is 2.84. The summed E-state index contributed by atoms with van der Waals surface area (Å²) in [5, 5.41) is 0. The summed E-state index contributed by atoms with van der Waals surface area (Å²) in [6.07, 6.45) is 8.33. The molecular formula is C13H24. The second kappa shape index (κ2) is 11.2. The minimum absolute atomic E-state index is 1.20. The van der Waals surface area contributed by atoms with E-state index in [-0.39, 0.29) is 0 Å². The lowest BCUT2D eigenvalue weighted by molar-refractivity contribution is 0.895. The van der Waals surface area contributed by atoms with E-state index in [1.54, 1.807) is 0 Å². The third-order valence-electron chi connectivity index (χ3n) is 1.78. The van der Waals surface area contributed by atoms with Gasteiger partial charge in [0.1, 0.15) is 0 Å². The van der Waals surface area contributed by atoms with Crippen LogP contribution in [0.2, 0.25) is 0 Å². The van der Waals surface area contributed by atoms with Gasteiger partial charge in [-0.25, -0.2) is 0 Å². The molecule has 0 spiro atoms. The van der Waals surface area contributed by atoms with Crippen LogP contribution in [-0.4, -0.2) is 0 Å². The molecule has 0 aliphatic carbocycles. The Labute approximate surface area is 84.1 Å². The first-order valence-corrected chi connectivity index (χ1v) is 5.17. The van der Waals surface area contributed by atoms with Gasteiger partial charge in [0.15, 0.2) is 0 Å². The Hall–Kier alpha value is -0.780. The largest absolute Gasteiger partial charge is 0.0991 e. The molecule has 0 aliphatic heterocycles. The highest BCUT2D eigenvalue weighted by molar-refractivity contribution is 5.24. The summed E-state index contributed by atoms with van der Waals surface area (Å²) in [7, 11) is 0. The van der Waals surface area contributed by atoms with Crippen LogP contribution in [0.5, 0.6) is 0 Å². The molecule has 0 unspecified atom stereocenters. The highest BCUT2D eigenvalue weighted by Crippen LogP contribution is 2.10. The van der Waals surface area contributed by atoms with Crippen molar-refractivity contribution in [2.75, 3.05) is 0 Å². The topological polar surface area (TPSA) is 0 Å². The third-order valence-corrected chi connectivity index (χ3v) is 1.78. The van der Waals surface area contributed by atoms with Crippen LogP contribution in [-0.2, 0) is 0 Å². The molecule has 0 radical (unpaired) electrons. The highest BCUT2D eigenvalue weighted by Gasteiger charge is 1.90. The second-order valence-corrected chi connectivity index (χ2v) is 2.81. The van der Waals surface area contributed by atoms with Gasteiger partial charge in [-0.3, -0.25) is 0 Å². The zero-order valence-electron chi connectivity index (χ0n) is 9.85. The third kappa shape index (κ3) is 9.13. The molecule has 0 aromatic carbocycles. The lowest BCUT2D eigenvalue weighted by atomic mass is 10.1. The van der Waals surface area contributed by atoms with E-state index in [0.29, 0.717) is 0 Å². The van der Waals surface area contributed by atoms with Crippen LogP contribution >= 0.6 is 0 Å². The van der Waals surface area contributed by atoms with Gasteiger partial charge < -0.3 is 0 Å². The van der Waals surface area contributed by atoms with Crippen LogP contribution in [0.1, 0.15) is 47.5 Å². The van der Waals surface area contributed by atoms with Gasteiger partial charge in [0.2, 0.25) is 0 Å². The van der Waals surface area contributed by atoms with Crippen LogP contribution in [0.25, 0.3) is 0 Å². The molecule has 0 amide bonds. The first-order valence-electron chi connectivity index (χ1n) is 5.17. The van der Waals surface area contributed by atoms with E-state index in [4.69, 9.17) is 0 Å². The molecule has 0 N–H and O–H groups in total. The maximum absolute atomic E-state index is 3.63. The van der Waals surface area contributed by atoms with Gasteiger partial charge in [0, 0.05) is 0 Å². The lowest BCUT2D eigenvalue weighted by Gasteiger charge is -2.00. The Morgan fingerprint density at radius 2 is 1.77 bits per heavy atom. The summed E-state index contributed by atoms with van der Waals surface area (Å²) >= 11 is 0. The van der Waals surface area contributed by atoms with E-state index in [0.717, 1.165) is 0 Å². The standard InChI is InChI=1S/C11H18.C2H6/c1-5-7-9-11(4)10(3)8-6-2;1-2/h5,7,9H,1,6,8H2,2-4H3;1-2H3/b9-7-,11-10+;. The van der Waals surface area contributed by atoms with Crippen molar-refractivity contribution in [1.82, 2.24) is 0 Å². The number of rotatable bonds is 4. The van der Waals surface area contributed by atoms with E-state index in [2.05, 4.69) is 33.4 Å². The summed E-state index contributed by atoms with van der Waals surface area (Å²) in [4.78, 5) is 0. The van der Waals surface area contributed by atoms with E-state index in [9.17, 15) is 0 Å². The molecule has 0 heteroatoms. The Balaban J connectivity index is 0. The van der Waals surface area contributed by atoms with Gasteiger partial charge in [0.25, 0.3) is 0 Å². The van der Waals surface area contributed by atoms with E-state index < -0.39 is 0 Å². The molecule has 0 bridgehead atoms. The van der Waals surface area contributed by atoms with Crippen LogP contribution in [0, 0.1) is 0 Å². The summed E-state index contributed by atoms with van der Waals surface area (Å²) in [5.74, 6) is 0. The molecule has 0 aromatic heterocycles. The van der Waals surface area contributed by atoms with Crippen molar-refractivity contribution in [2.24, 2.45) is 0 Å². The monoisotopic (exact) mass is 180 g/mol. The van der Waals surface area contributed by atoms with Gasteiger partial charge in [-0.2, -0.15) is 0 Å². The Morgan fingerprint density at radius 1 is 1.23 bits per heavy atom. The van der Waals surface area contributed by atoms with Crippen LogP contribution in [0.15, 0.2) is 36.0 Å². The Morgan fingerprint density at radius 3 is 2.15 bits per heavy atom. The van der Waals surface area contributed by atoms with Gasteiger partial charge >= 0.3 is 0 Å².